The van der Waals surface area contributed by atoms with Gasteiger partial charge in [0, 0.05) is 44.1 Å². The standard InChI is InChI=1S/C16H23N5O2S/c1-3-10-21-14(4-7-19-21)16-15(17-8-9-18-16)13-5-11-20(12-6-13)24(2,22)23/h4,7-9,13H,3,5-6,10-12H2,1-2H3. The minimum Gasteiger partial charge on any atom is -0.263 e. The Labute approximate surface area is 142 Å². The second-order valence-corrected chi connectivity index (χ2v) is 8.15. The first-order valence-corrected chi connectivity index (χ1v) is 10.1. The Kier molecular flexibility index (Phi) is 4.96. The number of hydrogen-bond acceptors (Lipinski definition) is 5. The molecule has 0 spiro atoms. The molecule has 0 aromatic carbocycles. The van der Waals surface area contributed by atoms with E-state index in [9.17, 15) is 8.42 Å². The maximum atomic E-state index is 11.7. The normalized spacial score (nSPS) is 17.2. The molecule has 0 N–H and O–H groups in total. The summed E-state index contributed by atoms with van der Waals surface area (Å²) >= 11 is 0. The van der Waals surface area contributed by atoms with Crippen LogP contribution in [0.25, 0.3) is 11.4 Å². The van der Waals surface area contributed by atoms with Crippen molar-refractivity contribution < 1.29 is 8.42 Å². The van der Waals surface area contributed by atoms with E-state index in [0.717, 1.165) is 42.9 Å². The van der Waals surface area contributed by atoms with Crippen LogP contribution in [0, 0.1) is 0 Å². The predicted octanol–water partition coefficient (Wildman–Crippen LogP) is 1.89. The molecule has 1 aliphatic rings. The summed E-state index contributed by atoms with van der Waals surface area (Å²) in [6, 6.07) is 1.97. The van der Waals surface area contributed by atoms with E-state index in [1.54, 1.807) is 22.9 Å². The first-order chi connectivity index (χ1) is 11.5. The molecule has 3 rings (SSSR count). The molecule has 1 saturated heterocycles. The quantitative estimate of drug-likeness (QED) is 0.823. The highest BCUT2D eigenvalue weighted by atomic mass is 32.2. The van der Waals surface area contributed by atoms with E-state index < -0.39 is 10.0 Å². The molecular weight excluding hydrogens is 326 g/mol. The van der Waals surface area contributed by atoms with Crippen LogP contribution in [0.15, 0.2) is 24.7 Å². The van der Waals surface area contributed by atoms with Gasteiger partial charge in [0.1, 0.15) is 5.69 Å². The summed E-state index contributed by atoms with van der Waals surface area (Å²) < 4.78 is 26.9. The molecule has 1 aliphatic heterocycles. The van der Waals surface area contributed by atoms with Gasteiger partial charge in [0.2, 0.25) is 10.0 Å². The van der Waals surface area contributed by atoms with Crippen LogP contribution in [-0.4, -0.2) is 51.8 Å². The van der Waals surface area contributed by atoms with Gasteiger partial charge in [-0.3, -0.25) is 14.6 Å². The Morgan fingerprint density at radius 1 is 1.17 bits per heavy atom. The first kappa shape index (κ1) is 17.0. The zero-order valence-electron chi connectivity index (χ0n) is 14.1. The van der Waals surface area contributed by atoms with Gasteiger partial charge in [-0.15, -0.1) is 0 Å². The van der Waals surface area contributed by atoms with Crippen molar-refractivity contribution in [2.75, 3.05) is 19.3 Å². The smallest absolute Gasteiger partial charge is 0.211 e. The average molecular weight is 349 g/mol. The lowest BCUT2D eigenvalue weighted by Gasteiger charge is -2.30. The molecule has 8 heteroatoms. The van der Waals surface area contributed by atoms with Gasteiger partial charge in [-0.05, 0) is 25.3 Å². The zero-order valence-corrected chi connectivity index (χ0v) is 14.9. The Balaban J connectivity index is 1.87. The number of hydrogen-bond donors (Lipinski definition) is 0. The van der Waals surface area contributed by atoms with Gasteiger partial charge in [-0.2, -0.15) is 5.10 Å². The second kappa shape index (κ2) is 6.98. The molecule has 3 heterocycles. The number of rotatable bonds is 5. The van der Waals surface area contributed by atoms with E-state index in [2.05, 4.69) is 22.0 Å². The number of piperidine rings is 1. The Morgan fingerprint density at radius 2 is 1.88 bits per heavy atom. The molecule has 2 aromatic heterocycles. The summed E-state index contributed by atoms with van der Waals surface area (Å²) in [5.74, 6) is 0.219. The van der Waals surface area contributed by atoms with Crippen LogP contribution in [-0.2, 0) is 16.6 Å². The number of nitrogens with zero attached hydrogens (tertiary/aromatic N) is 5. The first-order valence-electron chi connectivity index (χ1n) is 8.29. The van der Waals surface area contributed by atoms with Crippen molar-refractivity contribution in [2.24, 2.45) is 0 Å². The molecule has 1 fully saturated rings. The van der Waals surface area contributed by atoms with Gasteiger partial charge in [-0.25, -0.2) is 12.7 Å². The maximum Gasteiger partial charge on any atom is 0.211 e. The van der Waals surface area contributed by atoms with Crippen molar-refractivity contribution in [1.29, 1.82) is 0 Å². The second-order valence-electron chi connectivity index (χ2n) is 6.17. The minimum absolute atomic E-state index is 0.219. The molecule has 0 bridgehead atoms. The number of aryl methyl sites for hydroxylation is 1. The van der Waals surface area contributed by atoms with Gasteiger partial charge in [0.15, 0.2) is 0 Å². The fourth-order valence-corrected chi connectivity index (χ4v) is 4.10. The predicted molar refractivity (Wildman–Crippen MR) is 91.9 cm³/mol. The minimum atomic E-state index is -3.12. The van der Waals surface area contributed by atoms with Crippen LogP contribution in [0.5, 0.6) is 0 Å². The lowest BCUT2D eigenvalue weighted by atomic mass is 9.92. The van der Waals surface area contributed by atoms with Crippen LogP contribution >= 0.6 is 0 Å². The molecule has 7 nitrogen and oxygen atoms in total. The summed E-state index contributed by atoms with van der Waals surface area (Å²) in [4.78, 5) is 9.13. The topological polar surface area (TPSA) is 81.0 Å². The number of aromatic nitrogens is 4. The summed E-state index contributed by atoms with van der Waals surface area (Å²) in [7, 11) is -3.12. The number of sulfonamides is 1. The summed E-state index contributed by atoms with van der Waals surface area (Å²) in [5, 5.41) is 4.37. The Bertz CT molecular complexity index is 794. The molecule has 0 atom stereocenters. The average Bonchev–Trinajstić information content (AvgIpc) is 3.03. The fraction of sp³-hybridized carbons (Fsp3) is 0.562. The van der Waals surface area contributed by atoms with Gasteiger partial charge in [0.05, 0.1) is 17.6 Å². The lowest BCUT2D eigenvalue weighted by molar-refractivity contribution is 0.318. The molecule has 0 radical (unpaired) electrons. The Hall–Kier alpha value is -1.80. The van der Waals surface area contributed by atoms with Crippen LogP contribution in [0.3, 0.4) is 0 Å². The molecular formula is C16H23N5O2S. The summed E-state index contributed by atoms with van der Waals surface area (Å²) in [5.41, 5.74) is 2.79. The third-order valence-electron chi connectivity index (χ3n) is 4.43. The van der Waals surface area contributed by atoms with Gasteiger partial charge < -0.3 is 0 Å². The van der Waals surface area contributed by atoms with Crippen LogP contribution < -0.4 is 0 Å². The molecule has 130 valence electrons. The van der Waals surface area contributed by atoms with E-state index in [1.165, 1.54) is 6.26 Å². The van der Waals surface area contributed by atoms with Gasteiger partial charge in [-0.1, -0.05) is 6.92 Å². The summed E-state index contributed by atoms with van der Waals surface area (Å²) in [6.07, 6.45) is 8.99. The summed E-state index contributed by atoms with van der Waals surface area (Å²) in [6.45, 7) is 4.02. The van der Waals surface area contributed by atoms with E-state index in [-0.39, 0.29) is 5.92 Å². The third-order valence-corrected chi connectivity index (χ3v) is 5.73. The zero-order chi connectivity index (χ0) is 17.2. The van der Waals surface area contributed by atoms with Gasteiger partial charge in [0.25, 0.3) is 0 Å². The molecule has 24 heavy (non-hydrogen) atoms. The molecule has 0 saturated carbocycles. The third kappa shape index (κ3) is 3.49. The SMILES string of the molecule is CCCn1nccc1-c1nccnc1C1CCN(S(C)(=O)=O)CC1. The van der Waals surface area contributed by atoms with Gasteiger partial charge >= 0.3 is 0 Å². The van der Waals surface area contributed by atoms with Crippen LogP contribution in [0.1, 0.15) is 37.8 Å². The lowest BCUT2D eigenvalue weighted by Crippen LogP contribution is -2.37. The van der Waals surface area contributed by atoms with Crippen molar-refractivity contribution in [2.45, 2.75) is 38.6 Å². The highest BCUT2D eigenvalue weighted by molar-refractivity contribution is 7.88. The van der Waals surface area contributed by atoms with Crippen LogP contribution in [0.2, 0.25) is 0 Å². The molecule has 0 unspecified atom stereocenters. The molecule has 2 aromatic rings. The molecule has 0 aliphatic carbocycles. The van der Waals surface area contributed by atoms with E-state index in [1.807, 2.05) is 10.7 Å². The van der Waals surface area contributed by atoms with Crippen molar-refractivity contribution in [3.05, 3.63) is 30.4 Å². The largest absolute Gasteiger partial charge is 0.263 e. The van der Waals surface area contributed by atoms with Crippen molar-refractivity contribution in [1.82, 2.24) is 24.1 Å². The highest BCUT2D eigenvalue weighted by Gasteiger charge is 2.29. The van der Waals surface area contributed by atoms with E-state index >= 15 is 0 Å². The maximum absolute atomic E-state index is 11.7. The van der Waals surface area contributed by atoms with Crippen molar-refractivity contribution >= 4 is 10.0 Å². The fourth-order valence-electron chi connectivity index (χ4n) is 3.23. The highest BCUT2D eigenvalue weighted by Crippen LogP contribution is 2.33. The Morgan fingerprint density at radius 3 is 2.54 bits per heavy atom. The van der Waals surface area contributed by atoms with Crippen molar-refractivity contribution in [3.63, 3.8) is 0 Å². The van der Waals surface area contributed by atoms with Crippen molar-refractivity contribution in [3.8, 4) is 11.4 Å². The van der Waals surface area contributed by atoms with E-state index in [4.69, 9.17) is 0 Å². The monoisotopic (exact) mass is 349 g/mol. The van der Waals surface area contributed by atoms with E-state index in [0.29, 0.717) is 13.1 Å². The van der Waals surface area contributed by atoms with Crippen LogP contribution in [0.4, 0.5) is 0 Å². The molecule has 0 amide bonds.